The van der Waals surface area contributed by atoms with Crippen molar-refractivity contribution in [2.24, 2.45) is 0 Å². The first-order chi connectivity index (χ1) is 18.3. The normalized spacial score (nSPS) is 15.9. The molecule has 1 atom stereocenters. The highest BCUT2D eigenvalue weighted by Gasteiger charge is 2.24. The Morgan fingerprint density at radius 2 is 1.70 bits per heavy atom. The number of aromatic amines is 2. The number of hydrogen-bond acceptors (Lipinski definition) is 4. The first-order valence-electron chi connectivity index (χ1n) is 13.4. The summed E-state index contributed by atoms with van der Waals surface area (Å²) in [4.78, 5) is 16.5. The summed E-state index contributed by atoms with van der Waals surface area (Å²) in [7, 11) is 1.93. The largest absolute Gasteiger partial charge is 0.344 e. The minimum Gasteiger partial charge on any atom is -0.344 e. The van der Waals surface area contributed by atoms with Gasteiger partial charge in [-0.05, 0) is 68.0 Å². The number of terminal acetylenes is 1. The molecule has 1 fully saturated rings. The van der Waals surface area contributed by atoms with E-state index in [4.69, 9.17) is 4.98 Å². The molecule has 1 aliphatic heterocycles. The second kappa shape index (κ2) is 12.5. The number of hydrogen-bond donors (Lipinski definition) is 4. The molecule has 0 unspecified atom stereocenters. The fraction of sp³-hybridized carbons (Fsp3) is 0.355. The Morgan fingerprint density at radius 3 is 2.43 bits per heavy atom. The van der Waals surface area contributed by atoms with Crippen LogP contribution in [0.2, 0.25) is 0 Å². The summed E-state index contributed by atoms with van der Waals surface area (Å²) in [6.45, 7) is 5.83. The lowest BCUT2D eigenvalue weighted by Crippen LogP contribution is -2.14. The van der Waals surface area contributed by atoms with E-state index in [1.807, 2.05) is 27.1 Å². The van der Waals surface area contributed by atoms with Crippen LogP contribution in [-0.2, 0) is 19.4 Å². The van der Waals surface area contributed by atoms with Crippen LogP contribution in [0.1, 0.15) is 62.1 Å². The maximum absolute atomic E-state index is 5.06. The van der Waals surface area contributed by atoms with Crippen molar-refractivity contribution in [3.05, 3.63) is 71.6 Å². The summed E-state index contributed by atoms with van der Waals surface area (Å²) >= 11 is 0. The minimum absolute atomic E-state index is 0.377. The highest BCUT2D eigenvalue weighted by Crippen LogP contribution is 2.36. The minimum atomic E-state index is 0.377. The molecule has 3 heterocycles. The summed E-state index contributed by atoms with van der Waals surface area (Å²) in [5.41, 5.74) is 9.84. The molecule has 6 rings (SSSR count). The van der Waals surface area contributed by atoms with Crippen molar-refractivity contribution in [2.45, 2.75) is 58.5 Å². The lowest BCUT2D eigenvalue weighted by atomic mass is 9.95. The van der Waals surface area contributed by atoms with Crippen molar-refractivity contribution in [1.29, 1.82) is 0 Å². The van der Waals surface area contributed by atoms with Gasteiger partial charge in [-0.1, -0.05) is 56.3 Å². The van der Waals surface area contributed by atoms with Gasteiger partial charge in [0.05, 0.1) is 30.2 Å². The molecule has 192 valence electrons. The van der Waals surface area contributed by atoms with Crippen molar-refractivity contribution in [3.8, 4) is 46.5 Å². The molecule has 6 nitrogen and oxygen atoms in total. The molecule has 0 amide bonds. The Balaban J connectivity index is 0.000000765. The van der Waals surface area contributed by atoms with Crippen LogP contribution in [0.5, 0.6) is 0 Å². The van der Waals surface area contributed by atoms with Gasteiger partial charge in [0.1, 0.15) is 11.6 Å². The molecule has 2 aromatic heterocycles. The monoisotopic (exact) mass is 494 g/mol. The van der Waals surface area contributed by atoms with E-state index in [2.05, 4.69) is 80.9 Å². The van der Waals surface area contributed by atoms with Crippen molar-refractivity contribution in [3.63, 3.8) is 0 Å². The molecule has 0 radical (unpaired) electrons. The van der Waals surface area contributed by atoms with Gasteiger partial charge in [-0.3, -0.25) is 0 Å². The number of aromatic nitrogens is 4. The van der Waals surface area contributed by atoms with Crippen LogP contribution in [0.25, 0.3) is 33.6 Å². The Labute approximate surface area is 220 Å². The van der Waals surface area contributed by atoms with E-state index in [0.717, 1.165) is 61.0 Å². The highest BCUT2D eigenvalue weighted by atomic mass is 15.0. The topological polar surface area (TPSA) is 81.4 Å². The number of imidazole rings is 2. The quantitative estimate of drug-likeness (QED) is 0.255. The number of fused-ring (bicyclic) bond motifs is 3. The lowest BCUT2D eigenvalue weighted by Gasteiger charge is -2.10. The van der Waals surface area contributed by atoms with E-state index in [1.54, 1.807) is 0 Å². The molecule has 37 heavy (non-hydrogen) atoms. The van der Waals surface area contributed by atoms with E-state index < -0.39 is 0 Å². The van der Waals surface area contributed by atoms with Gasteiger partial charge < -0.3 is 20.6 Å². The van der Waals surface area contributed by atoms with E-state index >= 15 is 0 Å². The van der Waals surface area contributed by atoms with Crippen molar-refractivity contribution < 1.29 is 0 Å². The third kappa shape index (κ3) is 5.69. The second-order valence-corrected chi connectivity index (χ2v) is 9.17. The van der Waals surface area contributed by atoms with Crippen LogP contribution in [0.3, 0.4) is 0 Å². The Hall–Kier alpha value is -3.66. The van der Waals surface area contributed by atoms with Crippen molar-refractivity contribution >= 4 is 0 Å². The number of benzene rings is 2. The number of rotatable bonds is 5. The van der Waals surface area contributed by atoms with Crippen LogP contribution < -0.4 is 10.6 Å². The smallest absolute Gasteiger partial charge is 0.124 e. The van der Waals surface area contributed by atoms with Gasteiger partial charge in [-0.25, -0.2) is 9.97 Å². The maximum atomic E-state index is 5.06. The average molecular weight is 495 g/mol. The number of aryl methyl sites for hydroxylation is 2. The van der Waals surface area contributed by atoms with Crippen LogP contribution in [0.4, 0.5) is 0 Å². The van der Waals surface area contributed by atoms with E-state index in [1.165, 1.54) is 40.8 Å². The third-order valence-corrected chi connectivity index (χ3v) is 6.92. The average Bonchev–Trinajstić information content (AvgIpc) is 3.72. The fourth-order valence-corrected chi connectivity index (χ4v) is 5.19. The lowest BCUT2D eigenvalue weighted by molar-refractivity contribution is 0.610. The zero-order chi connectivity index (χ0) is 26.2. The van der Waals surface area contributed by atoms with E-state index in [9.17, 15) is 0 Å². The molecule has 0 spiro atoms. The van der Waals surface area contributed by atoms with Gasteiger partial charge in [-0.2, -0.15) is 0 Å². The summed E-state index contributed by atoms with van der Waals surface area (Å²) in [5.74, 6) is 2.06. The molecular weight excluding hydrogens is 456 g/mol. The molecule has 2 aliphatic rings. The predicted molar refractivity (Wildman–Crippen MR) is 153 cm³/mol. The predicted octanol–water partition coefficient (Wildman–Crippen LogP) is 6.04. The number of nitrogens with zero attached hydrogens (tertiary/aromatic N) is 2. The van der Waals surface area contributed by atoms with Gasteiger partial charge in [0.2, 0.25) is 0 Å². The standard InChI is InChI=1S/C27H30N6.C2H6.C2H2/c1-28-16-25-30-15-24(31-25)18-9-7-17(8-10-18)19-11-12-21-20(14-19)4-2-5-22-26(21)33-27(32-22)23-6-3-13-29-23;2*1-2/h7-12,14-15,23,28-29H,2-6,13,16H2,1H3,(H,30,31)(H,32,33);1-2H3;1-2H/t23-;;/m0../s1. The fourth-order valence-electron chi connectivity index (χ4n) is 5.19. The summed E-state index contributed by atoms with van der Waals surface area (Å²) < 4.78 is 0. The van der Waals surface area contributed by atoms with Crippen LogP contribution in [0.15, 0.2) is 48.7 Å². The molecular formula is C31H38N6. The Kier molecular flexibility index (Phi) is 8.95. The SMILES string of the molecule is C#C.CC.CNCc1ncc(-c2ccc(-c3ccc4c(c3)CCCc3[nH]c([C@@H]5CCCN5)nc3-4)cc2)[nH]1. The molecule has 2 aromatic carbocycles. The Morgan fingerprint density at radius 1 is 0.946 bits per heavy atom. The summed E-state index contributed by atoms with van der Waals surface area (Å²) in [6.07, 6.45) is 15.6. The van der Waals surface area contributed by atoms with Crippen molar-refractivity contribution in [1.82, 2.24) is 30.6 Å². The first-order valence-corrected chi connectivity index (χ1v) is 13.4. The highest BCUT2D eigenvalue weighted by molar-refractivity contribution is 5.75. The van der Waals surface area contributed by atoms with Gasteiger partial charge in [-0.15, -0.1) is 12.8 Å². The first kappa shape index (κ1) is 26.4. The van der Waals surface area contributed by atoms with Crippen LogP contribution in [0, 0.1) is 12.8 Å². The van der Waals surface area contributed by atoms with E-state index in [-0.39, 0.29) is 0 Å². The Bertz CT molecular complexity index is 1310. The van der Waals surface area contributed by atoms with Crippen molar-refractivity contribution in [2.75, 3.05) is 13.6 Å². The number of H-pyrrole nitrogens is 2. The van der Waals surface area contributed by atoms with Gasteiger partial charge in [0.15, 0.2) is 0 Å². The summed E-state index contributed by atoms with van der Waals surface area (Å²) in [6, 6.07) is 16.0. The van der Waals surface area contributed by atoms with E-state index in [0.29, 0.717) is 6.04 Å². The second-order valence-electron chi connectivity index (χ2n) is 9.17. The zero-order valence-corrected chi connectivity index (χ0v) is 22.2. The van der Waals surface area contributed by atoms with Crippen LogP contribution >= 0.6 is 0 Å². The molecule has 4 aromatic rings. The summed E-state index contributed by atoms with van der Waals surface area (Å²) in [5, 5.41) is 6.70. The third-order valence-electron chi connectivity index (χ3n) is 6.92. The number of nitrogens with one attached hydrogen (secondary N) is 4. The molecule has 0 bridgehead atoms. The van der Waals surface area contributed by atoms with Crippen LogP contribution in [-0.4, -0.2) is 33.5 Å². The molecule has 1 aliphatic carbocycles. The molecule has 1 saturated heterocycles. The van der Waals surface area contributed by atoms with Gasteiger partial charge in [0.25, 0.3) is 0 Å². The van der Waals surface area contributed by atoms with Gasteiger partial charge >= 0.3 is 0 Å². The molecule has 4 N–H and O–H groups in total. The zero-order valence-electron chi connectivity index (χ0n) is 22.2. The molecule has 0 saturated carbocycles. The maximum Gasteiger partial charge on any atom is 0.124 e. The van der Waals surface area contributed by atoms with Gasteiger partial charge in [0, 0.05) is 11.3 Å². The molecule has 6 heteroatoms.